The maximum absolute atomic E-state index is 12.9. The number of hydrogen-bond donors (Lipinski definition) is 0. The van der Waals surface area contributed by atoms with E-state index in [1.807, 2.05) is 0 Å². The molecule has 0 aliphatic carbocycles. The van der Waals surface area contributed by atoms with Crippen molar-refractivity contribution in [1.29, 1.82) is 5.26 Å². The van der Waals surface area contributed by atoms with Crippen LogP contribution in [-0.2, 0) is 0 Å². The summed E-state index contributed by atoms with van der Waals surface area (Å²) in [5.74, 6) is -1.65. The van der Waals surface area contributed by atoms with Crippen molar-refractivity contribution in [3.63, 3.8) is 0 Å². The normalized spacial score (nSPS) is 10.0. The summed E-state index contributed by atoms with van der Waals surface area (Å²) < 4.78 is 42.1. The molecule has 14 heavy (non-hydrogen) atoms. The number of nitriles is 1. The Morgan fingerprint density at radius 2 is 2.21 bits per heavy atom. The van der Waals surface area contributed by atoms with Crippen molar-refractivity contribution in [1.82, 2.24) is 4.98 Å². The van der Waals surface area contributed by atoms with E-state index in [0.717, 1.165) is 7.11 Å². The van der Waals surface area contributed by atoms with Gasteiger partial charge in [-0.15, -0.1) is 0 Å². The SMILES string of the molecule is COc1c(F)cnc(C#N)c1C(F)F. The zero-order valence-electron chi connectivity index (χ0n) is 7.09. The lowest BCUT2D eigenvalue weighted by atomic mass is 10.2. The molecule has 0 bridgehead atoms. The van der Waals surface area contributed by atoms with Gasteiger partial charge in [0.25, 0.3) is 6.43 Å². The third-order valence-electron chi connectivity index (χ3n) is 1.55. The molecule has 0 aliphatic rings. The summed E-state index contributed by atoms with van der Waals surface area (Å²) in [5, 5.41) is 8.45. The summed E-state index contributed by atoms with van der Waals surface area (Å²) >= 11 is 0. The Morgan fingerprint density at radius 1 is 1.57 bits per heavy atom. The van der Waals surface area contributed by atoms with Gasteiger partial charge in [0, 0.05) is 0 Å². The van der Waals surface area contributed by atoms with E-state index in [0.29, 0.717) is 6.20 Å². The van der Waals surface area contributed by atoms with Gasteiger partial charge in [-0.25, -0.2) is 18.2 Å². The lowest BCUT2D eigenvalue weighted by molar-refractivity contribution is 0.145. The van der Waals surface area contributed by atoms with E-state index in [-0.39, 0.29) is 0 Å². The average molecular weight is 202 g/mol. The minimum absolute atomic E-state index is 0.529. The largest absolute Gasteiger partial charge is 0.493 e. The number of halogens is 3. The van der Waals surface area contributed by atoms with Crippen LogP contribution >= 0.6 is 0 Å². The Bertz CT molecular complexity index is 387. The summed E-state index contributed by atoms with van der Waals surface area (Å²) in [5.41, 5.74) is -1.34. The fourth-order valence-corrected chi connectivity index (χ4v) is 0.985. The molecule has 0 saturated carbocycles. The highest BCUT2D eigenvalue weighted by Gasteiger charge is 2.23. The van der Waals surface area contributed by atoms with Crippen molar-refractivity contribution < 1.29 is 17.9 Å². The molecule has 0 amide bonds. The molecule has 0 aliphatic heterocycles. The minimum Gasteiger partial charge on any atom is -0.493 e. The Hall–Kier alpha value is -1.77. The maximum Gasteiger partial charge on any atom is 0.270 e. The number of aromatic nitrogens is 1. The van der Waals surface area contributed by atoms with Crippen molar-refractivity contribution in [2.24, 2.45) is 0 Å². The molecular weight excluding hydrogens is 197 g/mol. The molecule has 0 atom stereocenters. The summed E-state index contributed by atoms with van der Waals surface area (Å²) in [6.45, 7) is 0. The van der Waals surface area contributed by atoms with E-state index in [1.54, 1.807) is 0 Å². The van der Waals surface area contributed by atoms with Crippen molar-refractivity contribution in [3.05, 3.63) is 23.3 Å². The first kappa shape index (κ1) is 10.3. The molecule has 0 aromatic carbocycles. The molecule has 1 aromatic rings. The van der Waals surface area contributed by atoms with E-state index >= 15 is 0 Å². The Balaban J connectivity index is 3.46. The highest BCUT2D eigenvalue weighted by molar-refractivity contribution is 5.43. The number of alkyl halides is 2. The molecule has 74 valence electrons. The first-order valence-electron chi connectivity index (χ1n) is 3.52. The van der Waals surface area contributed by atoms with Crippen molar-refractivity contribution >= 4 is 0 Å². The lowest BCUT2D eigenvalue weighted by Gasteiger charge is -2.08. The molecule has 0 unspecified atom stereocenters. The lowest BCUT2D eigenvalue weighted by Crippen LogP contribution is -2.01. The molecular formula is C8H5F3N2O. The van der Waals surface area contributed by atoms with Gasteiger partial charge in [-0.05, 0) is 0 Å². The molecule has 0 fully saturated rings. The van der Waals surface area contributed by atoms with Gasteiger partial charge < -0.3 is 4.74 Å². The number of pyridine rings is 1. The van der Waals surface area contributed by atoms with E-state index in [4.69, 9.17) is 5.26 Å². The second kappa shape index (κ2) is 3.96. The standard InChI is InChI=1S/C8H5F3N2O/c1-14-7-4(9)3-13-5(2-12)6(7)8(10)11/h3,8H,1H3. The van der Waals surface area contributed by atoms with Gasteiger partial charge in [0.05, 0.1) is 18.9 Å². The predicted octanol–water partition coefficient (Wildman–Crippen LogP) is 2.04. The molecule has 6 heteroatoms. The summed E-state index contributed by atoms with van der Waals surface area (Å²) in [6.07, 6.45) is -2.33. The Kier molecular flexibility index (Phi) is 2.92. The molecule has 0 spiro atoms. The smallest absolute Gasteiger partial charge is 0.270 e. The van der Waals surface area contributed by atoms with Crippen LogP contribution in [0.1, 0.15) is 17.7 Å². The van der Waals surface area contributed by atoms with E-state index < -0.39 is 29.2 Å². The van der Waals surface area contributed by atoms with Crippen molar-refractivity contribution in [2.75, 3.05) is 7.11 Å². The number of hydrogen-bond acceptors (Lipinski definition) is 3. The number of methoxy groups -OCH3 is 1. The number of nitrogens with zero attached hydrogens (tertiary/aromatic N) is 2. The van der Waals surface area contributed by atoms with Gasteiger partial charge in [-0.2, -0.15) is 5.26 Å². The topological polar surface area (TPSA) is 45.9 Å². The van der Waals surface area contributed by atoms with Crippen molar-refractivity contribution in [3.8, 4) is 11.8 Å². The van der Waals surface area contributed by atoms with Gasteiger partial charge in [0.15, 0.2) is 17.3 Å². The monoisotopic (exact) mass is 202 g/mol. The maximum atomic E-state index is 12.9. The quantitative estimate of drug-likeness (QED) is 0.737. The summed E-state index contributed by atoms with van der Waals surface area (Å²) in [7, 11) is 1.05. The van der Waals surface area contributed by atoms with Crippen LogP contribution in [-0.4, -0.2) is 12.1 Å². The summed E-state index contributed by atoms with van der Waals surface area (Å²) in [6, 6.07) is 1.44. The predicted molar refractivity (Wildman–Crippen MR) is 40.4 cm³/mol. The zero-order chi connectivity index (χ0) is 10.7. The highest BCUT2D eigenvalue weighted by atomic mass is 19.3. The van der Waals surface area contributed by atoms with Crippen LogP contribution in [0.2, 0.25) is 0 Å². The Morgan fingerprint density at radius 3 is 2.64 bits per heavy atom. The molecule has 0 saturated heterocycles. The molecule has 1 heterocycles. The van der Waals surface area contributed by atoms with Crippen LogP contribution in [0.25, 0.3) is 0 Å². The number of ether oxygens (including phenoxy) is 1. The zero-order valence-corrected chi connectivity index (χ0v) is 7.09. The second-order valence-electron chi connectivity index (χ2n) is 2.31. The van der Waals surface area contributed by atoms with E-state index in [9.17, 15) is 13.2 Å². The first-order valence-corrected chi connectivity index (χ1v) is 3.52. The molecule has 3 nitrogen and oxygen atoms in total. The average Bonchev–Trinajstić information content (AvgIpc) is 2.17. The van der Waals surface area contributed by atoms with Crippen LogP contribution in [0.4, 0.5) is 13.2 Å². The van der Waals surface area contributed by atoms with Crippen LogP contribution in [0.3, 0.4) is 0 Å². The highest BCUT2D eigenvalue weighted by Crippen LogP contribution is 2.32. The first-order chi connectivity index (χ1) is 6.61. The van der Waals surface area contributed by atoms with E-state index in [2.05, 4.69) is 9.72 Å². The van der Waals surface area contributed by atoms with Crippen molar-refractivity contribution in [2.45, 2.75) is 6.43 Å². The fraction of sp³-hybridized carbons (Fsp3) is 0.250. The van der Waals surface area contributed by atoms with Gasteiger partial charge >= 0.3 is 0 Å². The van der Waals surface area contributed by atoms with Gasteiger partial charge in [0.2, 0.25) is 0 Å². The van der Waals surface area contributed by atoms with Crippen LogP contribution in [0.5, 0.6) is 5.75 Å². The van der Waals surface area contributed by atoms with Gasteiger partial charge in [-0.1, -0.05) is 0 Å². The molecule has 1 rings (SSSR count). The molecule has 1 aromatic heterocycles. The second-order valence-corrected chi connectivity index (χ2v) is 2.31. The molecule has 0 radical (unpaired) electrons. The van der Waals surface area contributed by atoms with Crippen LogP contribution in [0, 0.1) is 17.1 Å². The van der Waals surface area contributed by atoms with Crippen LogP contribution in [0.15, 0.2) is 6.20 Å². The third-order valence-corrected chi connectivity index (χ3v) is 1.55. The number of rotatable bonds is 2. The van der Waals surface area contributed by atoms with Gasteiger partial charge in [0.1, 0.15) is 6.07 Å². The fourth-order valence-electron chi connectivity index (χ4n) is 0.985. The van der Waals surface area contributed by atoms with E-state index in [1.165, 1.54) is 6.07 Å². The van der Waals surface area contributed by atoms with Crippen LogP contribution < -0.4 is 4.74 Å². The molecule has 0 N–H and O–H groups in total. The summed E-state index contributed by atoms with van der Waals surface area (Å²) in [4.78, 5) is 3.23. The third kappa shape index (κ3) is 1.62. The minimum atomic E-state index is -3.00. The Labute approximate surface area is 77.7 Å². The van der Waals surface area contributed by atoms with Gasteiger partial charge in [-0.3, -0.25) is 0 Å².